The molecule has 0 aliphatic heterocycles. The summed E-state index contributed by atoms with van der Waals surface area (Å²) in [4.78, 5) is 97.1. The van der Waals surface area contributed by atoms with Crippen molar-refractivity contribution in [2.24, 2.45) is 0 Å². The summed E-state index contributed by atoms with van der Waals surface area (Å²) in [6.07, 6.45) is 12.2. The van der Waals surface area contributed by atoms with Crippen molar-refractivity contribution in [2.75, 3.05) is 21.7 Å². The van der Waals surface area contributed by atoms with Crippen molar-refractivity contribution >= 4 is 112 Å². The number of halogens is 1. The molecule has 8 aromatic carbocycles. The van der Waals surface area contributed by atoms with Crippen molar-refractivity contribution in [3.05, 3.63) is 294 Å². The predicted molar refractivity (Wildman–Crippen MR) is 470 cm³/mol. The number of aryl methyl sites for hydroxylation is 6. The Morgan fingerprint density at radius 3 is 1.42 bits per heavy atom. The van der Waals surface area contributed by atoms with E-state index >= 15 is 0 Å². The van der Waals surface area contributed by atoms with Gasteiger partial charge >= 0.3 is 0 Å². The van der Waals surface area contributed by atoms with Crippen LogP contribution in [0.4, 0.5) is 27.7 Å². The maximum atomic E-state index is 13.5. The fourth-order valence-electron chi connectivity index (χ4n) is 14.7. The molecule has 0 aliphatic carbocycles. The summed E-state index contributed by atoms with van der Waals surface area (Å²) in [7, 11) is 0. The average molecular weight is 1580 g/mol. The van der Waals surface area contributed by atoms with Crippen molar-refractivity contribution in [2.45, 2.75) is 99.8 Å². The minimum absolute atomic E-state index is 0.0626. The lowest BCUT2D eigenvalue weighted by Gasteiger charge is -2.21. The van der Waals surface area contributed by atoms with Gasteiger partial charge in [-0.25, -0.2) is 99.1 Å². The third-order valence-corrected chi connectivity index (χ3v) is 21.0. The second-order valence-electron chi connectivity index (χ2n) is 29.3. The van der Waals surface area contributed by atoms with Crippen molar-refractivity contribution in [1.29, 1.82) is 0 Å². The van der Waals surface area contributed by atoms with Gasteiger partial charge in [-0.3, -0.25) is 0 Å². The van der Waals surface area contributed by atoms with Crippen LogP contribution in [0.3, 0.4) is 0 Å². The molecule has 0 saturated heterocycles. The number of para-hydroxylation sites is 4. The monoisotopic (exact) mass is 1580 g/mol. The summed E-state index contributed by atoms with van der Waals surface area (Å²) in [5.41, 5.74) is 34.9. The minimum atomic E-state index is -0.292. The number of nitrogens with one attached hydrogen (secondary N) is 6. The van der Waals surface area contributed by atoms with E-state index in [9.17, 15) is 4.39 Å². The number of nitrogens with two attached hydrogens (primary N) is 1. The number of fused-ring (bicyclic) bond motifs is 8. The molecule has 0 spiro atoms. The van der Waals surface area contributed by atoms with E-state index in [0.29, 0.717) is 51.4 Å². The van der Waals surface area contributed by atoms with Gasteiger partial charge in [0.15, 0.2) is 40.2 Å². The van der Waals surface area contributed by atoms with E-state index in [1.165, 1.54) is 30.4 Å². The first kappa shape index (κ1) is 77.1. The van der Waals surface area contributed by atoms with Gasteiger partial charge in [-0.1, -0.05) is 146 Å². The van der Waals surface area contributed by atoms with Gasteiger partial charge in [0.1, 0.15) is 46.4 Å². The lowest BCUT2D eigenvalue weighted by atomic mass is 10.0. The number of nitrogens with zero attached hydrogens (tertiary/aromatic N) is 20. The molecule has 28 heteroatoms. The number of anilines is 4. The molecule has 12 aromatic heterocycles. The van der Waals surface area contributed by atoms with Gasteiger partial charge in [-0.15, -0.1) is 0 Å². The molecule has 0 bridgehead atoms. The maximum Gasteiger partial charge on any atom is 0.183 e. The number of hydrogen-bond donors (Lipinski definition) is 7. The minimum Gasteiger partial charge on any atom is -0.382 e. The van der Waals surface area contributed by atoms with E-state index in [1.807, 2.05) is 122 Å². The molecule has 12 heterocycles. The zero-order valence-corrected chi connectivity index (χ0v) is 67.4. The van der Waals surface area contributed by atoms with Crippen LogP contribution in [0.1, 0.15) is 115 Å². The highest BCUT2D eigenvalue weighted by Crippen LogP contribution is 2.38. The van der Waals surface area contributed by atoms with Crippen LogP contribution in [0.15, 0.2) is 232 Å². The van der Waals surface area contributed by atoms with E-state index in [4.69, 9.17) is 45.6 Å². The van der Waals surface area contributed by atoms with Gasteiger partial charge in [-0.05, 0) is 146 Å². The van der Waals surface area contributed by atoms with Crippen LogP contribution in [0.2, 0.25) is 0 Å². The quantitative estimate of drug-likeness (QED) is 0.0472. The van der Waals surface area contributed by atoms with Crippen molar-refractivity contribution in [3.63, 3.8) is 0 Å². The van der Waals surface area contributed by atoms with E-state index < -0.39 is 0 Å². The Kier molecular flexibility index (Phi) is 21.5. The van der Waals surface area contributed by atoms with Crippen LogP contribution in [-0.2, 0) is 0 Å². The molecule has 0 aliphatic rings. The molecule has 4 unspecified atom stereocenters. The number of nitrogen functional groups attached to an aromatic ring is 1. The van der Waals surface area contributed by atoms with Crippen LogP contribution in [0, 0.1) is 47.4 Å². The molecule has 0 fully saturated rings. The van der Waals surface area contributed by atoms with Crippen molar-refractivity contribution in [3.8, 4) is 45.0 Å². The number of benzene rings is 8. The van der Waals surface area contributed by atoms with Crippen LogP contribution >= 0.6 is 0 Å². The number of hydrogen-bond acceptors (Lipinski definition) is 23. The molecular formula is C92H82FN27. The first-order valence-corrected chi connectivity index (χ1v) is 39.3. The van der Waals surface area contributed by atoms with E-state index in [2.05, 4.69) is 201 Å². The largest absolute Gasteiger partial charge is 0.382 e. The van der Waals surface area contributed by atoms with Gasteiger partial charge in [0.05, 0.1) is 145 Å². The SMILES string of the molecule is CCC(Nc1nccc2[nH]cnc12)c1nc2cccc(C)c2nc1-c1ccccc1.Cc1ccc(-c2nc3c(C)cccc3nc2C(C)Nc2ncnc3nc[nH]c23)cc1.Cc1cccc2nc(C(C)n3cnc4c(N)ncnc43)c(-c3ccccc3)nc12.Cc1nc(NC(C)c2nc3cccc(C)c3nc2-c2ccc(F)cc2)c2[nH]cnc2n1. The first-order valence-electron chi connectivity index (χ1n) is 39.3. The fourth-order valence-corrected chi connectivity index (χ4v) is 14.7. The number of imidazole rings is 4. The molecule has 592 valence electrons. The smallest absolute Gasteiger partial charge is 0.183 e. The summed E-state index contributed by atoms with van der Waals surface area (Å²) in [5, 5.41) is 10.5. The summed E-state index contributed by atoms with van der Waals surface area (Å²) in [6, 6.07) is 60.5. The zero-order chi connectivity index (χ0) is 82.7. The second kappa shape index (κ2) is 33.4. The van der Waals surface area contributed by atoms with E-state index in [1.54, 1.807) is 43.6 Å². The second-order valence-corrected chi connectivity index (χ2v) is 29.3. The molecule has 0 saturated carbocycles. The Bertz CT molecular complexity index is 7140. The van der Waals surface area contributed by atoms with Gasteiger partial charge in [0, 0.05) is 28.5 Å². The normalized spacial score (nSPS) is 12.4. The lowest BCUT2D eigenvalue weighted by Crippen LogP contribution is -2.15. The highest BCUT2D eigenvalue weighted by Gasteiger charge is 2.27. The van der Waals surface area contributed by atoms with Gasteiger partial charge in [0.2, 0.25) is 0 Å². The third kappa shape index (κ3) is 15.7. The van der Waals surface area contributed by atoms with Crippen LogP contribution < -0.4 is 21.7 Å². The standard InChI is InChI=1S/C24H22N6.C23H20FN7.C23H21N7.C22H19N7/c1-3-17(29-24-23-18(12-13-25-24)26-14-27-23)22-21(16-9-5-4-6-10-16)30-20-15(2)8-7-11-19(20)28-22;1-12-5-4-6-17-18(12)31-20(15-7-9-16(24)10-8-15)19(30-17)13(2)27-23-21-22(26-11-25-21)28-14(3)29-23;1-13-7-9-16(10-8-13)20-19(29-17-6-4-5-14(2)18(17)30-20)15(3)28-23-21-22(25-11-24-21)26-12-27-23;1-13-7-6-10-16-17(13)28-19(15-8-4-3-5-9-15)18(27-16)14(2)29-12-26-20-21(23)24-11-25-22(20)29/h4-14,17H,3H2,1-2H3,(H,25,29)(H,26,27);4-11,13H,1-3H3,(H2,25,26,27,28,29);4-12,15H,1-3H3,(H2,24,25,26,27,28);3-12,14H,1-2H3,(H2,23,24,25). The number of aromatic nitrogens is 23. The fraction of sp³-hybridized carbons (Fsp3) is 0.163. The molecule has 27 nitrogen and oxygen atoms in total. The number of aromatic amines is 3. The van der Waals surface area contributed by atoms with Crippen molar-refractivity contribution in [1.82, 2.24) is 114 Å². The van der Waals surface area contributed by atoms with Gasteiger partial charge in [-0.2, -0.15) is 0 Å². The summed E-state index contributed by atoms with van der Waals surface area (Å²) in [5.74, 6) is 2.76. The van der Waals surface area contributed by atoms with Crippen LogP contribution in [-0.4, -0.2) is 114 Å². The molecule has 120 heavy (non-hydrogen) atoms. The Labute approximate surface area is 687 Å². The molecule has 8 N–H and O–H groups in total. The molecule has 4 atom stereocenters. The maximum absolute atomic E-state index is 13.5. The highest BCUT2D eigenvalue weighted by atomic mass is 19.1. The Hall–Kier alpha value is -15.5. The number of pyridine rings is 1. The summed E-state index contributed by atoms with van der Waals surface area (Å²) >= 11 is 0. The van der Waals surface area contributed by atoms with Crippen LogP contribution in [0.25, 0.3) is 134 Å². The molecule has 20 aromatic rings. The Balaban J connectivity index is 0.000000114. The first-order chi connectivity index (χ1) is 58.5. The summed E-state index contributed by atoms with van der Waals surface area (Å²) in [6.45, 7) is 20.4. The predicted octanol–water partition coefficient (Wildman–Crippen LogP) is 19.0. The zero-order valence-electron chi connectivity index (χ0n) is 67.4. The topological polar surface area (TPSA) is 359 Å². The molecule has 20 rings (SSSR count). The molecular weight excluding hydrogens is 1500 g/mol. The van der Waals surface area contributed by atoms with Crippen molar-refractivity contribution < 1.29 is 4.39 Å². The molecule has 0 radical (unpaired) electrons. The van der Waals surface area contributed by atoms with Gasteiger partial charge < -0.3 is 41.2 Å². The Morgan fingerprint density at radius 1 is 0.383 bits per heavy atom. The lowest BCUT2D eigenvalue weighted by molar-refractivity contribution is 0.628. The number of H-pyrrole nitrogens is 3. The Morgan fingerprint density at radius 2 is 0.858 bits per heavy atom. The number of rotatable bonds is 16. The van der Waals surface area contributed by atoms with Crippen LogP contribution in [0.5, 0.6) is 0 Å². The van der Waals surface area contributed by atoms with E-state index in [-0.39, 0.29) is 30.0 Å². The van der Waals surface area contributed by atoms with Gasteiger partial charge in [0.25, 0.3) is 0 Å². The third-order valence-electron chi connectivity index (χ3n) is 21.0. The molecule has 0 amide bonds. The summed E-state index contributed by atoms with van der Waals surface area (Å²) < 4.78 is 15.5. The average Bonchev–Trinajstić information content (AvgIpc) is 1.20. The highest BCUT2D eigenvalue weighted by molar-refractivity contribution is 5.90. The van der Waals surface area contributed by atoms with E-state index in [0.717, 1.165) is 163 Å².